The summed E-state index contributed by atoms with van der Waals surface area (Å²) in [6, 6.07) is 16.7. The van der Waals surface area contributed by atoms with E-state index < -0.39 is 0 Å². The first kappa shape index (κ1) is 19.9. The summed E-state index contributed by atoms with van der Waals surface area (Å²) in [6.45, 7) is 4.11. The maximum absolute atomic E-state index is 12.3. The van der Waals surface area contributed by atoms with E-state index in [0.29, 0.717) is 33.7 Å². The molecule has 0 saturated carbocycles. The van der Waals surface area contributed by atoms with Crippen molar-refractivity contribution in [2.75, 3.05) is 5.32 Å². The van der Waals surface area contributed by atoms with Crippen LogP contribution in [0.3, 0.4) is 0 Å². The largest absolute Gasteiger partial charge is 0.459 e. The number of aliphatic hydroxyl groups is 1. The van der Waals surface area contributed by atoms with Crippen LogP contribution in [0, 0.1) is 0 Å². The molecule has 0 spiro atoms. The van der Waals surface area contributed by atoms with E-state index in [0.717, 1.165) is 5.56 Å². The maximum Gasteiger partial charge on any atom is 0.248 e. The summed E-state index contributed by atoms with van der Waals surface area (Å²) in [5, 5.41) is 12.5. The standard InChI is InChI=1S/C23H22ClNO3/c1-15(2)17-6-3-16(4-7-17)5-12-23(27)25-18-8-10-21(24)20(13-18)22-11-9-19(14-26)28-22/h3-13,15,26H,14H2,1-2H3,(H,25,27)/b12-5+. The van der Waals surface area contributed by atoms with E-state index in [1.54, 1.807) is 36.4 Å². The number of nitrogens with one attached hydrogen (secondary N) is 1. The number of aliphatic hydroxyl groups excluding tert-OH is 1. The van der Waals surface area contributed by atoms with Crippen molar-refractivity contribution in [3.63, 3.8) is 0 Å². The summed E-state index contributed by atoms with van der Waals surface area (Å²) in [4.78, 5) is 12.3. The highest BCUT2D eigenvalue weighted by molar-refractivity contribution is 6.33. The van der Waals surface area contributed by atoms with Crippen molar-refractivity contribution in [2.24, 2.45) is 0 Å². The molecule has 0 fully saturated rings. The molecule has 0 bridgehead atoms. The van der Waals surface area contributed by atoms with Crippen molar-refractivity contribution in [1.82, 2.24) is 0 Å². The topological polar surface area (TPSA) is 62.5 Å². The zero-order valence-electron chi connectivity index (χ0n) is 15.8. The van der Waals surface area contributed by atoms with Crippen molar-refractivity contribution in [3.8, 4) is 11.3 Å². The predicted molar refractivity (Wildman–Crippen MR) is 113 cm³/mol. The lowest BCUT2D eigenvalue weighted by molar-refractivity contribution is -0.111. The highest BCUT2D eigenvalue weighted by Gasteiger charge is 2.10. The summed E-state index contributed by atoms with van der Waals surface area (Å²) in [6.07, 6.45) is 3.27. The Morgan fingerprint density at radius 3 is 2.54 bits per heavy atom. The first-order valence-corrected chi connectivity index (χ1v) is 9.42. The molecule has 0 aliphatic rings. The molecule has 0 aliphatic heterocycles. The third-order valence-electron chi connectivity index (χ3n) is 4.35. The van der Waals surface area contributed by atoms with E-state index in [4.69, 9.17) is 21.1 Å². The minimum absolute atomic E-state index is 0.184. The molecule has 5 heteroatoms. The van der Waals surface area contributed by atoms with Gasteiger partial charge in [-0.3, -0.25) is 4.79 Å². The number of carbonyl (C=O) groups is 1. The monoisotopic (exact) mass is 395 g/mol. The zero-order valence-corrected chi connectivity index (χ0v) is 16.5. The smallest absolute Gasteiger partial charge is 0.248 e. The van der Waals surface area contributed by atoms with Gasteiger partial charge in [0.1, 0.15) is 18.1 Å². The van der Waals surface area contributed by atoms with Crippen LogP contribution < -0.4 is 5.32 Å². The van der Waals surface area contributed by atoms with Crippen LogP contribution in [0.25, 0.3) is 17.4 Å². The molecule has 0 radical (unpaired) electrons. The average molecular weight is 396 g/mol. The lowest BCUT2D eigenvalue weighted by Gasteiger charge is -2.07. The van der Waals surface area contributed by atoms with E-state index >= 15 is 0 Å². The zero-order chi connectivity index (χ0) is 20.1. The van der Waals surface area contributed by atoms with Crippen LogP contribution in [0.5, 0.6) is 0 Å². The van der Waals surface area contributed by atoms with Crippen molar-refractivity contribution in [2.45, 2.75) is 26.4 Å². The van der Waals surface area contributed by atoms with E-state index in [1.807, 2.05) is 12.1 Å². The Kier molecular flexibility index (Phi) is 6.34. The third-order valence-corrected chi connectivity index (χ3v) is 4.68. The highest BCUT2D eigenvalue weighted by atomic mass is 35.5. The second kappa shape index (κ2) is 8.91. The third kappa shape index (κ3) is 4.91. The fourth-order valence-electron chi connectivity index (χ4n) is 2.75. The molecule has 4 nitrogen and oxygen atoms in total. The van der Waals surface area contributed by atoms with Gasteiger partial charge in [-0.1, -0.05) is 49.7 Å². The molecule has 2 aromatic carbocycles. The number of hydrogen-bond donors (Lipinski definition) is 2. The average Bonchev–Trinajstić information content (AvgIpc) is 3.17. The molecule has 28 heavy (non-hydrogen) atoms. The Bertz CT molecular complexity index is 987. The lowest BCUT2D eigenvalue weighted by atomic mass is 10.0. The van der Waals surface area contributed by atoms with Gasteiger partial charge in [-0.05, 0) is 53.5 Å². The molecule has 1 aromatic heterocycles. The molecule has 0 unspecified atom stereocenters. The number of rotatable bonds is 6. The van der Waals surface area contributed by atoms with Crippen molar-refractivity contribution in [1.29, 1.82) is 0 Å². The van der Waals surface area contributed by atoms with Crippen LogP contribution in [0.2, 0.25) is 5.02 Å². The van der Waals surface area contributed by atoms with Gasteiger partial charge in [-0.15, -0.1) is 0 Å². The quantitative estimate of drug-likeness (QED) is 0.513. The summed E-state index contributed by atoms with van der Waals surface area (Å²) in [5.41, 5.74) is 3.47. The van der Waals surface area contributed by atoms with E-state index in [9.17, 15) is 4.79 Å². The second-order valence-electron chi connectivity index (χ2n) is 6.76. The molecule has 0 saturated heterocycles. The van der Waals surface area contributed by atoms with Crippen LogP contribution in [-0.4, -0.2) is 11.0 Å². The number of benzene rings is 2. The van der Waals surface area contributed by atoms with Crippen molar-refractivity contribution >= 4 is 29.3 Å². The summed E-state index contributed by atoms with van der Waals surface area (Å²) < 4.78 is 5.53. The number of furan rings is 1. The summed E-state index contributed by atoms with van der Waals surface area (Å²) >= 11 is 6.25. The molecule has 3 rings (SSSR count). The SMILES string of the molecule is CC(C)c1ccc(/C=C/C(=O)Nc2ccc(Cl)c(-c3ccc(CO)o3)c2)cc1. The molecule has 0 atom stereocenters. The molecule has 3 aromatic rings. The van der Waals surface area contributed by atoms with Gasteiger partial charge in [0.15, 0.2) is 0 Å². The first-order chi connectivity index (χ1) is 13.5. The minimum Gasteiger partial charge on any atom is -0.459 e. The fourth-order valence-corrected chi connectivity index (χ4v) is 2.96. The van der Waals surface area contributed by atoms with Gasteiger partial charge in [0.05, 0.1) is 5.02 Å². The van der Waals surface area contributed by atoms with Crippen LogP contribution >= 0.6 is 11.6 Å². The maximum atomic E-state index is 12.3. The molecule has 144 valence electrons. The van der Waals surface area contributed by atoms with Crippen molar-refractivity contribution < 1.29 is 14.3 Å². The molecule has 0 aliphatic carbocycles. The molecule has 1 amide bonds. The van der Waals surface area contributed by atoms with Gasteiger partial charge in [-0.25, -0.2) is 0 Å². The Morgan fingerprint density at radius 2 is 1.89 bits per heavy atom. The van der Waals surface area contributed by atoms with Gasteiger partial charge in [0.2, 0.25) is 5.91 Å². The molecular weight excluding hydrogens is 374 g/mol. The Morgan fingerprint density at radius 1 is 1.14 bits per heavy atom. The number of amides is 1. The van der Waals surface area contributed by atoms with Gasteiger partial charge >= 0.3 is 0 Å². The Hall–Kier alpha value is -2.82. The van der Waals surface area contributed by atoms with Gasteiger partial charge < -0.3 is 14.8 Å². The van der Waals surface area contributed by atoms with E-state index in [-0.39, 0.29) is 12.5 Å². The Balaban J connectivity index is 1.70. The number of anilines is 1. The van der Waals surface area contributed by atoms with Crippen LogP contribution in [0.1, 0.15) is 36.7 Å². The summed E-state index contributed by atoms with van der Waals surface area (Å²) in [5.74, 6) is 1.22. The van der Waals surface area contributed by atoms with Gasteiger partial charge in [0.25, 0.3) is 0 Å². The second-order valence-corrected chi connectivity index (χ2v) is 7.17. The van der Waals surface area contributed by atoms with Crippen molar-refractivity contribution in [3.05, 3.63) is 82.6 Å². The van der Waals surface area contributed by atoms with E-state index in [1.165, 1.54) is 11.6 Å². The van der Waals surface area contributed by atoms with Gasteiger partial charge in [0, 0.05) is 17.3 Å². The van der Waals surface area contributed by atoms with Gasteiger partial charge in [-0.2, -0.15) is 0 Å². The van der Waals surface area contributed by atoms with Crippen LogP contribution in [0.15, 0.2) is 65.1 Å². The molecule has 1 heterocycles. The Labute approximate surface area is 169 Å². The number of carbonyl (C=O) groups excluding carboxylic acids is 1. The molecular formula is C23H22ClNO3. The summed E-state index contributed by atoms with van der Waals surface area (Å²) in [7, 11) is 0. The fraction of sp³-hybridized carbons (Fsp3) is 0.174. The van der Waals surface area contributed by atoms with Crippen LogP contribution in [0.4, 0.5) is 5.69 Å². The number of halogens is 1. The lowest BCUT2D eigenvalue weighted by Crippen LogP contribution is -2.07. The number of hydrogen-bond acceptors (Lipinski definition) is 3. The van der Waals surface area contributed by atoms with E-state index in [2.05, 4.69) is 31.3 Å². The highest BCUT2D eigenvalue weighted by Crippen LogP contribution is 2.32. The first-order valence-electron chi connectivity index (χ1n) is 9.05. The molecule has 2 N–H and O–H groups in total. The minimum atomic E-state index is -0.239. The predicted octanol–water partition coefficient (Wildman–Crippen LogP) is 5.87. The van der Waals surface area contributed by atoms with Crippen LogP contribution in [-0.2, 0) is 11.4 Å². The normalized spacial score (nSPS) is 11.3.